The van der Waals surface area contributed by atoms with E-state index in [2.05, 4.69) is 0 Å². The largest absolute Gasteiger partial charge is 0.449 e. The van der Waals surface area contributed by atoms with Gasteiger partial charge in [-0.05, 0) is 36.6 Å². The molecule has 2 aromatic rings. The second-order valence-electron chi connectivity index (χ2n) is 6.90. The summed E-state index contributed by atoms with van der Waals surface area (Å²) in [6, 6.07) is 9.66. The van der Waals surface area contributed by atoms with Crippen molar-refractivity contribution < 1.29 is 26.7 Å². The van der Waals surface area contributed by atoms with E-state index in [1.54, 1.807) is 24.3 Å². The van der Waals surface area contributed by atoms with E-state index in [-0.39, 0.29) is 18.7 Å². The van der Waals surface area contributed by atoms with Crippen molar-refractivity contribution in [3.8, 4) is 0 Å². The lowest BCUT2D eigenvalue weighted by molar-refractivity contribution is -0.0345. The lowest BCUT2D eigenvalue weighted by Crippen LogP contribution is -2.49. The van der Waals surface area contributed by atoms with Crippen LogP contribution in [0, 0.1) is 11.6 Å². The molecule has 1 saturated heterocycles. The molecule has 0 aliphatic carbocycles. The molecular formula is C19H17F2NO4S. The minimum atomic E-state index is -3.84. The molecule has 142 valence electrons. The minimum Gasteiger partial charge on any atom is -0.449 e. The van der Waals surface area contributed by atoms with Crippen molar-refractivity contribution >= 4 is 16.0 Å². The van der Waals surface area contributed by atoms with Crippen LogP contribution in [0.3, 0.4) is 0 Å². The van der Waals surface area contributed by atoms with Crippen molar-refractivity contribution in [3.05, 3.63) is 70.8 Å². The van der Waals surface area contributed by atoms with Crippen molar-refractivity contribution in [2.24, 2.45) is 0 Å². The molecule has 5 nitrogen and oxygen atoms in total. The summed E-state index contributed by atoms with van der Waals surface area (Å²) in [5.74, 6) is -2.63. The van der Waals surface area contributed by atoms with Gasteiger partial charge in [0.25, 0.3) is 0 Å². The fraction of sp³-hybridized carbons (Fsp3) is 0.316. The molecule has 0 aromatic heterocycles. The maximum Gasteiger partial charge on any atom is 0.339 e. The number of carbonyl (C=O) groups is 1. The van der Waals surface area contributed by atoms with Crippen molar-refractivity contribution in [2.75, 3.05) is 13.1 Å². The normalized spacial score (nSPS) is 22.7. The highest BCUT2D eigenvalue weighted by atomic mass is 32.2. The molecule has 4 rings (SSSR count). The summed E-state index contributed by atoms with van der Waals surface area (Å²) in [6.45, 7) is 0.261. The number of fused-ring (bicyclic) bond motifs is 2. The molecule has 0 N–H and O–H groups in total. The maximum atomic E-state index is 13.4. The molecule has 1 fully saturated rings. The van der Waals surface area contributed by atoms with Crippen LogP contribution in [0.2, 0.25) is 0 Å². The van der Waals surface area contributed by atoms with Crippen LogP contribution in [0.4, 0.5) is 8.78 Å². The predicted octanol–water partition coefficient (Wildman–Crippen LogP) is 2.96. The Morgan fingerprint density at radius 3 is 2.56 bits per heavy atom. The molecule has 0 radical (unpaired) electrons. The van der Waals surface area contributed by atoms with E-state index in [0.717, 1.165) is 12.1 Å². The average Bonchev–Trinajstić information content (AvgIpc) is 2.86. The van der Waals surface area contributed by atoms with Gasteiger partial charge in [0.1, 0.15) is 11.6 Å². The first kappa shape index (κ1) is 18.1. The van der Waals surface area contributed by atoms with Gasteiger partial charge in [-0.15, -0.1) is 0 Å². The van der Waals surface area contributed by atoms with Crippen molar-refractivity contribution in [2.45, 2.75) is 24.2 Å². The number of sulfonamides is 1. The number of hydrogen-bond donors (Lipinski definition) is 0. The number of carbonyl (C=O) groups excluding carboxylic acids is 1. The summed E-state index contributed by atoms with van der Waals surface area (Å²) < 4.78 is 59.3. The highest BCUT2D eigenvalue weighted by Crippen LogP contribution is 2.43. The molecule has 2 aliphatic heterocycles. The summed E-state index contributed by atoms with van der Waals surface area (Å²) in [7, 11) is -3.84. The molecule has 0 amide bonds. The molecule has 1 atom stereocenters. The number of hydrogen-bond acceptors (Lipinski definition) is 4. The first-order valence-electron chi connectivity index (χ1n) is 8.55. The number of nitrogens with zero attached hydrogens (tertiary/aromatic N) is 1. The lowest BCUT2D eigenvalue weighted by Gasteiger charge is -2.38. The van der Waals surface area contributed by atoms with E-state index >= 15 is 0 Å². The quantitative estimate of drug-likeness (QED) is 0.753. The zero-order chi connectivity index (χ0) is 19.2. The second-order valence-corrected chi connectivity index (χ2v) is 8.87. The van der Waals surface area contributed by atoms with Crippen molar-refractivity contribution in [3.63, 3.8) is 0 Å². The number of rotatable bonds is 3. The summed E-state index contributed by atoms with van der Waals surface area (Å²) in [6.07, 6.45) is 1.04. The molecule has 0 unspecified atom stereocenters. The fourth-order valence-electron chi connectivity index (χ4n) is 3.87. The van der Waals surface area contributed by atoms with Crippen LogP contribution < -0.4 is 0 Å². The van der Waals surface area contributed by atoms with E-state index in [0.29, 0.717) is 30.0 Å². The van der Waals surface area contributed by atoms with Gasteiger partial charge >= 0.3 is 5.97 Å². The third-order valence-corrected chi connectivity index (χ3v) is 6.81. The van der Waals surface area contributed by atoms with Gasteiger partial charge in [0.15, 0.2) is 5.60 Å². The Labute approximate surface area is 155 Å². The monoisotopic (exact) mass is 393 g/mol. The van der Waals surface area contributed by atoms with Crippen molar-refractivity contribution in [1.82, 2.24) is 4.31 Å². The van der Waals surface area contributed by atoms with Crippen LogP contribution in [0.1, 0.15) is 34.3 Å². The number of esters is 1. The molecule has 8 heteroatoms. The third-order valence-electron chi connectivity index (χ3n) is 5.01. The summed E-state index contributed by atoms with van der Waals surface area (Å²) >= 11 is 0. The topological polar surface area (TPSA) is 63.7 Å². The van der Waals surface area contributed by atoms with E-state index in [4.69, 9.17) is 4.74 Å². The molecular weight excluding hydrogens is 376 g/mol. The van der Waals surface area contributed by atoms with Crippen LogP contribution >= 0.6 is 0 Å². The molecule has 2 heterocycles. The van der Waals surface area contributed by atoms with Crippen LogP contribution in [0.15, 0.2) is 42.5 Å². The lowest BCUT2D eigenvalue weighted by atomic mass is 9.86. The first-order valence-corrected chi connectivity index (χ1v) is 10.2. The Hall–Kier alpha value is -2.32. The fourth-order valence-corrected chi connectivity index (χ4v) is 5.45. The van der Waals surface area contributed by atoms with E-state index in [1.165, 1.54) is 4.31 Å². The molecule has 0 bridgehead atoms. The van der Waals surface area contributed by atoms with Crippen LogP contribution in [0.5, 0.6) is 0 Å². The second kappa shape index (κ2) is 6.38. The van der Waals surface area contributed by atoms with Gasteiger partial charge in [0.05, 0.1) is 17.9 Å². The Bertz CT molecular complexity index is 1000. The minimum absolute atomic E-state index is 0.00408. The molecule has 0 saturated carbocycles. The smallest absolute Gasteiger partial charge is 0.339 e. The number of benzene rings is 2. The number of piperidine rings is 1. The Kier molecular flexibility index (Phi) is 4.27. The zero-order valence-electron chi connectivity index (χ0n) is 14.3. The Balaban J connectivity index is 1.62. The standard InChI is InChI=1S/C19H17F2NO4S/c20-14-8-13(9-15(21)10-14)11-27(24,25)22-7-3-6-19(12-22)17-5-2-1-4-16(17)18(23)26-19/h1-2,4-5,8-10H,3,6-7,11-12H2/t19-/m1/s1. The molecule has 1 spiro atoms. The number of halogens is 2. The first-order chi connectivity index (χ1) is 12.8. The third kappa shape index (κ3) is 3.23. The highest BCUT2D eigenvalue weighted by molar-refractivity contribution is 7.88. The van der Waals surface area contributed by atoms with Crippen molar-refractivity contribution in [1.29, 1.82) is 0 Å². The van der Waals surface area contributed by atoms with Gasteiger partial charge in [-0.1, -0.05) is 18.2 Å². The molecule has 2 aromatic carbocycles. The van der Waals surface area contributed by atoms with Gasteiger partial charge in [-0.2, -0.15) is 4.31 Å². The van der Waals surface area contributed by atoms with E-state index in [1.807, 2.05) is 0 Å². The summed E-state index contributed by atoms with van der Waals surface area (Å²) in [5, 5.41) is 0. The van der Waals surface area contributed by atoms with Crippen LogP contribution in [-0.2, 0) is 26.1 Å². The zero-order valence-corrected chi connectivity index (χ0v) is 15.1. The van der Waals surface area contributed by atoms with Gasteiger partial charge in [-0.3, -0.25) is 0 Å². The summed E-state index contributed by atoms with van der Waals surface area (Å²) in [5.41, 5.74) is 0.165. The van der Waals surface area contributed by atoms with Crippen LogP contribution in [0.25, 0.3) is 0 Å². The van der Waals surface area contributed by atoms with Gasteiger partial charge in [0, 0.05) is 18.2 Å². The molecule has 27 heavy (non-hydrogen) atoms. The maximum absolute atomic E-state index is 13.4. The van der Waals surface area contributed by atoms with E-state index in [9.17, 15) is 22.0 Å². The SMILES string of the molecule is O=C1O[C@@]2(CCCN(S(=O)(=O)Cc3cc(F)cc(F)c3)C2)c2ccccc21. The van der Waals surface area contributed by atoms with Gasteiger partial charge < -0.3 is 4.74 Å². The summed E-state index contributed by atoms with van der Waals surface area (Å²) in [4.78, 5) is 12.2. The van der Waals surface area contributed by atoms with E-state index < -0.39 is 39.0 Å². The van der Waals surface area contributed by atoms with Gasteiger partial charge in [-0.25, -0.2) is 22.0 Å². The van der Waals surface area contributed by atoms with Gasteiger partial charge in [0.2, 0.25) is 10.0 Å². The van der Waals surface area contributed by atoms with Crippen LogP contribution in [-0.4, -0.2) is 31.8 Å². The Morgan fingerprint density at radius 1 is 1.11 bits per heavy atom. The average molecular weight is 393 g/mol. The highest BCUT2D eigenvalue weighted by Gasteiger charge is 2.49. The Morgan fingerprint density at radius 2 is 1.81 bits per heavy atom. The molecule has 2 aliphatic rings. The predicted molar refractivity (Wildman–Crippen MR) is 93.3 cm³/mol. The number of ether oxygens (including phenoxy) is 1.